The number of nitrogens with zero attached hydrogens (tertiary/aromatic N) is 1. The second-order valence-electron chi connectivity index (χ2n) is 5.52. The van der Waals surface area contributed by atoms with E-state index in [-0.39, 0.29) is 31.5 Å². The molecule has 0 saturated heterocycles. The van der Waals surface area contributed by atoms with Gasteiger partial charge in [0.15, 0.2) is 0 Å². The number of aryl methyl sites for hydroxylation is 1. The van der Waals surface area contributed by atoms with E-state index < -0.39 is 0 Å². The molecule has 1 aromatic rings. The summed E-state index contributed by atoms with van der Waals surface area (Å²) in [5.74, 6) is -0.374. The van der Waals surface area contributed by atoms with Crippen LogP contribution in [0, 0.1) is 0 Å². The van der Waals surface area contributed by atoms with Crippen LogP contribution in [-0.2, 0) is 25.5 Å². The number of benzene rings is 1. The van der Waals surface area contributed by atoms with Crippen LogP contribution in [-0.4, -0.2) is 61.9 Å². The molecule has 1 rings (SSSR count). The molecule has 6 nitrogen and oxygen atoms in total. The number of methoxy groups -OCH3 is 1. The van der Waals surface area contributed by atoms with Crippen molar-refractivity contribution in [2.45, 2.75) is 25.7 Å². The van der Waals surface area contributed by atoms with Gasteiger partial charge in [-0.2, -0.15) is 0 Å². The van der Waals surface area contributed by atoms with Gasteiger partial charge in [-0.25, -0.2) is 0 Å². The maximum absolute atomic E-state index is 12.4. The molecule has 0 bridgehead atoms. The van der Waals surface area contributed by atoms with Crippen LogP contribution in [0.3, 0.4) is 0 Å². The minimum absolute atomic E-state index is 0.0227. The highest BCUT2D eigenvalue weighted by atomic mass is 35.5. The van der Waals surface area contributed by atoms with Crippen molar-refractivity contribution >= 4 is 23.5 Å². The van der Waals surface area contributed by atoms with E-state index in [9.17, 15) is 9.59 Å². The Morgan fingerprint density at radius 1 is 1.12 bits per heavy atom. The van der Waals surface area contributed by atoms with E-state index in [1.807, 2.05) is 24.3 Å². The van der Waals surface area contributed by atoms with Crippen molar-refractivity contribution in [3.63, 3.8) is 0 Å². The predicted molar refractivity (Wildman–Crippen MR) is 95.5 cm³/mol. The van der Waals surface area contributed by atoms with E-state index in [4.69, 9.17) is 21.4 Å². The molecule has 25 heavy (non-hydrogen) atoms. The zero-order valence-corrected chi connectivity index (χ0v) is 15.3. The number of amides is 1. The van der Waals surface area contributed by atoms with E-state index in [1.54, 1.807) is 4.90 Å². The number of ether oxygens (including phenoxy) is 2. The highest BCUT2D eigenvalue weighted by molar-refractivity contribution is 6.30. The lowest BCUT2D eigenvalue weighted by molar-refractivity contribution is -0.142. The van der Waals surface area contributed by atoms with Crippen LogP contribution in [0.5, 0.6) is 0 Å². The van der Waals surface area contributed by atoms with Gasteiger partial charge in [-0.1, -0.05) is 23.7 Å². The predicted octanol–water partition coefficient (Wildman–Crippen LogP) is 2.06. The molecule has 0 spiro atoms. The number of hydrogen-bond donors (Lipinski definition) is 1. The Morgan fingerprint density at radius 2 is 1.84 bits per heavy atom. The molecule has 1 aromatic carbocycles. The second-order valence-corrected chi connectivity index (χ2v) is 5.96. The number of carbonyl (C=O) groups excluding carboxylic acids is 2. The van der Waals surface area contributed by atoms with Gasteiger partial charge in [0.2, 0.25) is 5.91 Å². The van der Waals surface area contributed by atoms with Crippen LogP contribution in [0.1, 0.15) is 24.8 Å². The van der Waals surface area contributed by atoms with Gasteiger partial charge in [-0.15, -0.1) is 0 Å². The summed E-state index contributed by atoms with van der Waals surface area (Å²) in [5.41, 5.74) is 1.13. The summed E-state index contributed by atoms with van der Waals surface area (Å²) >= 11 is 5.85. The largest absolute Gasteiger partial charge is 0.469 e. The summed E-state index contributed by atoms with van der Waals surface area (Å²) in [6, 6.07) is 7.56. The van der Waals surface area contributed by atoms with Crippen molar-refractivity contribution in [1.82, 2.24) is 4.90 Å². The highest BCUT2D eigenvalue weighted by Crippen LogP contribution is 2.12. The number of aliphatic hydroxyl groups is 1. The molecule has 0 saturated carbocycles. The molecule has 0 aromatic heterocycles. The van der Waals surface area contributed by atoms with Gasteiger partial charge < -0.3 is 19.5 Å². The molecule has 0 fully saturated rings. The number of aliphatic hydroxyl groups excluding tert-OH is 1. The average molecular weight is 372 g/mol. The molecule has 0 atom stereocenters. The zero-order chi connectivity index (χ0) is 18.5. The first kappa shape index (κ1) is 21.4. The number of esters is 1. The molecule has 0 radical (unpaired) electrons. The normalized spacial score (nSPS) is 10.5. The van der Waals surface area contributed by atoms with E-state index >= 15 is 0 Å². The summed E-state index contributed by atoms with van der Waals surface area (Å²) < 4.78 is 9.83. The van der Waals surface area contributed by atoms with Gasteiger partial charge in [0.1, 0.15) is 0 Å². The second kappa shape index (κ2) is 12.7. The Morgan fingerprint density at radius 3 is 2.48 bits per heavy atom. The maximum Gasteiger partial charge on any atom is 0.307 e. The van der Waals surface area contributed by atoms with E-state index in [0.29, 0.717) is 37.6 Å². The fourth-order valence-corrected chi connectivity index (χ4v) is 2.41. The molecule has 0 aliphatic rings. The lowest BCUT2D eigenvalue weighted by Crippen LogP contribution is -2.36. The van der Waals surface area contributed by atoms with Gasteiger partial charge in [0, 0.05) is 24.5 Å². The molecule has 7 heteroatoms. The van der Waals surface area contributed by atoms with Crippen LogP contribution in [0.15, 0.2) is 24.3 Å². The third-order valence-electron chi connectivity index (χ3n) is 3.68. The van der Waals surface area contributed by atoms with E-state index in [0.717, 1.165) is 12.0 Å². The molecule has 0 heterocycles. The summed E-state index contributed by atoms with van der Waals surface area (Å²) in [5, 5.41) is 9.41. The number of halogens is 1. The van der Waals surface area contributed by atoms with Gasteiger partial charge in [-0.05, 0) is 30.5 Å². The van der Waals surface area contributed by atoms with Gasteiger partial charge in [-0.3, -0.25) is 9.59 Å². The fourth-order valence-electron chi connectivity index (χ4n) is 2.28. The number of hydrogen-bond acceptors (Lipinski definition) is 5. The quantitative estimate of drug-likeness (QED) is 0.449. The Labute approximate surface area is 153 Å². The summed E-state index contributed by atoms with van der Waals surface area (Å²) in [6.45, 7) is 1.18. The van der Waals surface area contributed by atoms with E-state index in [2.05, 4.69) is 4.74 Å². The highest BCUT2D eigenvalue weighted by Gasteiger charge is 2.15. The van der Waals surface area contributed by atoms with Crippen LogP contribution in [0.2, 0.25) is 5.02 Å². The van der Waals surface area contributed by atoms with Crippen molar-refractivity contribution in [3.8, 4) is 0 Å². The lowest BCUT2D eigenvalue weighted by Gasteiger charge is -2.22. The Bertz CT molecular complexity index is 521. The van der Waals surface area contributed by atoms with Crippen molar-refractivity contribution in [2.75, 3.05) is 40.0 Å². The van der Waals surface area contributed by atoms with Crippen LogP contribution < -0.4 is 0 Å². The van der Waals surface area contributed by atoms with Crippen molar-refractivity contribution in [3.05, 3.63) is 34.9 Å². The van der Waals surface area contributed by atoms with Crippen LogP contribution in [0.4, 0.5) is 0 Å². The average Bonchev–Trinajstić information content (AvgIpc) is 2.62. The minimum Gasteiger partial charge on any atom is -0.469 e. The molecule has 1 amide bonds. The monoisotopic (exact) mass is 371 g/mol. The maximum atomic E-state index is 12.4. The third-order valence-corrected chi connectivity index (χ3v) is 3.93. The Balaban J connectivity index is 2.42. The zero-order valence-electron chi connectivity index (χ0n) is 14.6. The van der Waals surface area contributed by atoms with Crippen LogP contribution >= 0.6 is 11.6 Å². The SMILES string of the molecule is COC(=O)CCN(CCOCCO)C(=O)CCCc1ccc(Cl)cc1. The standard InChI is InChI=1S/C18H26ClNO5/c1-24-18(23)9-10-20(11-13-25-14-12-21)17(22)4-2-3-15-5-7-16(19)8-6-15/h5-8,21H,2-4,9-14H2,1H3. The smallest absolute Gasteiger partial charge is 0.307 e. The first-order valence-corrected chi connectivity index (χ1v) is 8.72. The molecule has 0 unspecified atom stereocenters. The fraction of sp³-hybridized carbons (Fsp3) is 0.556. The van der Waals surface area contributed by atoms with Gasteiger partial charge in [0.25, 0.3) is 0 Å². The summed E-state index contributed by atoms with van der Waals surface area (Å²) in [7, 11) is 1.32. The summed E-state index contributed by atoms with van der Waals surface area (Å²) in [4.78, 5) is 25.3. The Kier molecular flexibility index (Phi) is 10.9. The van der Waals surface area contributed by atoms with Gasteiger partial charge >= 0.3 is 5.97 Å². The third kappa shape index (κ3) is 9.43. The Hall–Kier alpha value is -1.63. The van der Waals surface area contributed by atoms with E-state index in [1.165, 1.54) is 7.11 Å². The minimum atomic E-state index is -0.352. The molecule has 0 aliphatic heterocycles. The molecule has 0 aliphatic carbocycles. The summed E-state index contributed by atoms with van der Waals surface area (Å²) in [6.07, 6.45) is 2.05. The molecule has 1 N–H and O–H groups in total. The molecular formula is C18H26ClNO5. The first-order valence-electron chi connectivity index (χ1n) is 8.34. The van der Waals surface area contributed by atoms with Crippen molar-refractivity contribution < 1.29 is 24.2 Å². The molecule has 140 valence electrons. The lowest BCUT2D eigenvalue weighted by atomic mass is 10.1. The van der Waals surface area contributed by atoms with Crippen LogP contribution in [0.25, 0.3) is 0 Å². The number of carbonyl (C=O) groups is 2. The number of rotatable bonds is 12. The molecular weight excluding hydrogens is 346 g/mol. The van der Waals surface area contributed by atoms with Gasteiger partial charge in [0.05, 0.1) is 33.4 Å². The van der Waals surface area contributed by atoms with Crippen molar-refractivity contribution in [1.29, 1.82) is 0 Å². The first-order chi connectivity index (χ1) is 12.1. The topological polar surface area (TPSA) is 76.1 Å². The van der Waals surface area contributed by atoms with Crippen molar-refractivity contribution in [2.24, 2.45) is 0 Å².